The molecule has 58 heavy (non-hydrogen) atoms. The van der Waals surface area contributed by atoms with Crippen molar-refractivity contribution in [3.63, 3.8) is 0 Å². The normalized spacial score (nSPS) is 11.4. The van der Waals surface area contributed by atoms with Crippen molar-refractivity contribution in [2.45, 2.75) is 0 Å². The predicted octanol–water partition coefficient (Wildman–Crippen LogP) is 14.2. The third kappa shape index (κ3) is 6.06. The summed E-state index contributed by atoms with van der Waals surface area (Å²) in [4.78, 5) is 17.3. The molecule has 0 atom stereocenters. The summed E-state index contributed by atoms with van der Waals surface area (Å²) in [7, 11) is 0. The minimum atomic E-state index is 0.579. The first-order valence-electron chi connectivity index (χ1n) is 19.4. The van der Waals surface area contributed by atoms with E-state index < -0.39 is 0 Å². The van der Waals surface area contributed by atoms with Crippen LogP contribution in [0.15, 0.2) is 206 Å². The number of nitrogens with zero attached hydrogens (tertiary/aromatic N) is 4. The Bertz CT molecular complexity index is 3000. The van der Waals surface area contributed by atoms with Crippen molar-refractivity contribution in [2.75, 3.05) is 0 Å². The molecule has 0 aliphatic rings. The van der Waals surface area contributed by atoms with Crippen molar-refractivity contribution < 1.29 is 0 Å². The molecule has 272 valence electrons. The molecular weight excluding hydrogens is 725 g/mol. The number of hydrogen-bond donors (Lipinski definition) is 0. The summed E-state index contributed by atoms with van der Waals surface area (Å²) in [5, 5.41) is 3.63. The van der Waals surface area contributed by atoms with E-state index in [-0.39, 0.29) is 0 Å². The monoisotopic (exact) mass is 758 g/mol. The van der Waals surface area contributed by atoms with Gasteiger partial charge < -0.3 is 0 Å². The van der Waals surface area contributed by atoms with Crippen LogP contribution in [0.1, 0.15) is 0 Å². The van der Waals surface area contributed by atoms with Crippen molar-refractivity contribution in [3.8, 4) is 73.2 Å². The van der Waals surface area contributed by atoms with E-state index in [9.17, 15) is 0 Å². The Hall–Kier alpha value is -7.47. The molecule has 0 aliphatic carbocycles. The molecule has 0 aliphatic heterocycles. The van der Waals surface area contributed by atoms with E-state index in [1.54, 1.807) is 11.3 Å². The Labute approximate surface area is 340 Å². The second-order valence-electron chi connectivity index (χ2n) is 14.5. The van der Waals surface area contributed by atoms with Gasteiger partial charge in [0.1, 0.15) is 4.83 Å². The van der Waals surface area contributed by atoms with Crippen LogP contribution in [0.5, 0.6) is 0 Å². The second kappa shape index (κ2) is 14.2. The highest BCUT2D eigenvalue weighted by Gasteiger charge is 2.22. The van der Waals surface area contributed by atoms with Crippen LogP contribution in [0.25, 0.3) is 104 Å². The van der Waals surface area contributed by atoms with Gasteiger partial charge in [-0.25, -0.2) is 4.98 Å². The number of thiophene rings is 1. The van der Waals surface area contributed by atoms with E-state index in [1.165, 1.54) is 20.9 Å². The largest absolute Gasteiger partial charge is 0.269 e. The molecule has 0 amide bonds. The zero-order valence-electron chi connectivity index (χ0n) is 31.3. The van der Waals surface area contributed by atoms with Crippen LogP contribution in [0.3, 0.4) is 0 Å². The Morgan fingerprint density at radius 1 is 0.328 bits per heavy atom. The molecule has 8 aromatic carbocycles. The molecule has 3 heterocycles. The molecule has 0 unspecified atom stereocenters. The molecule has 3 aromatic heterocycles. The zero-order chi connectivity index (χ0) is 38.4. The van der Waals surface area contributed by atoms with E-state index in [1.807, 2.05) is 0 Å². The Balaban J connectivity index is 1.22. The number of para-hydroxylation sites is 1. The summed E-state index contributed by atoms with van der Waals surface area (Å²) in [5.74, 6) is 1.79. The van der Waals surface area contributed by atoms with Gasteiger partial charge in [0, 0.05) is 32.0 Å². The van der Waals surface area contributed by atoms with Gasteiger partial charge in [0.15, 0.2) is 11.6 Å². The number of fused-ring (bicyclic) bond motifs is 5. The lowest BCUT2D eigenvalue weighted by Crippen LogP contribution is -2.06. The third-order valence-electron chi connectivity index (χ3n) is 10.8. The third-order valence-corrected chi connectivity index (χ3v) is 12.0. The van der Waals surface area contributed by atoms with Crippen LogP contribution in [0.2, 0.25) is 0 Å². The molecule has 0 bridgehead atoms. The maximum atomic E-state index is 5.42. The van der Waals surface area contributed by atoms with Gasteiger partial charge in [-0.1, -0.05) is 158 Å². The van der Waals surface area contributed by atoms with Crippen molar-refractivity contribution in [2.24, 2.45) is 0 Å². The number of benzene rings is 8. The average molecular weight is 759 g/mol. The first-order chi connectivity index (χ1) is 28.7. The minimum absolute atomic E-state index is 0.579. The van der Waals surface area contributed by atoms with E-state index in [0.29, 0.717) is 17.6 Å². The van der Waals surface area contributed by atoms with Gasteiger partial charge in [-0.3, -0.25) is 4.57 Å². The first-order valence-corrected chi connectivity index (χ1v) is 20.2. The standard InChI is InChI=1S/C53H34N4S/c1-5-17-35(18-6-1)39-29-40(36-19-7-2-8-20-36)32-43(31-39)50-54-51(44-33-41(37-21-9-3-10-22-37)30-42(34-44)38-23-11-4-12-24-38)56-53(55-50)57-47-27-15-13-25-45(47)49-46-26-14-16-28-48(46)58-52(49)57/h1-34H. The Kier molecular flexibility index (Phi) is 8.30. The summed E-state index contributed by atoms with van der Waals surface area (Å²) in [6, 6.07) is 72.7. The predicted molar refractivity (Wildman–Crippen MR) is 242 cm³/mol. The van der Waals surface area contributed by atoms with Crippen molar-refractivity contribution in [3.05, 3.63) is 206 Å². The molecule has 0 N–H and O–H groups in total. The maximum Gasteiger partial charge on any atom is 0.239 e. The van der Waals surface area contributed by atoms with Gasteiger partial charge in [-0.15, -0.1) is 11.3 Å². The molecule has 0 fully saturated rings. The lowest BCUT2D eigenvalue weighted by Gasteiger charge is -2.14. The van der Waals surface area contributed by atoms with Gasteiger partial charge >= 0.3 is 0 Å². The molecule has 0 radical (unpaired) electrons. The average Bonchev–Trinajstić information content (AvgIpc) is 3.84. The van der Waals surface area contributed by atoms with Crippen LogP contribution in [0.4, 0.5) is 0 Å². The summed E-state index contributed by atoms with van der Waals surface area (Å²) in [6.45, 7) is 0. The number of hydrogen-bond acceptors (Lipinski definition) is 4. The minimum Gasteiger partial charge on any atom is -0.269 e. The molecule has 4 nitrogen and oxygen atoms in total. The SMILES string of the molecule is c1ccc(-c2cc(-c3ccccc3)cc(-c3nc(-c4cc(-c5ccccc5)cc(-c5ccccc5)c4)nc(-n4c5ccccc5c5c6ccccc6sc54)n3)c2)cc1. The molecule has 11 aromatic rings. The fraction of sp³-hybridized carbons (Fsp3) is 0. The van der Waals surface area contributed by atoms with Crippen molar-refractivity contribution >= 4 is 42.5 Å². The van der Waals surface area contributed by atoms with E-state index in [0.717, 1.165) is 66.0 Å². The van der Waals surface area contributed by atoms with Gasteiger partial charge in [-0.2, -0.15) is 9.97 Å². The van der Waals surface area contributed by atoms with Crippen LogP contribution in [-0.4, -0.2) is 19.5 Å². The topological polar surface area (TPSA) is 43.6 Å². The highest BCUT2D eigenvalue weighted by molar-refractivity contribution is 7.25. The zero-order valence-corrected chi connectivity index (χ0v) is 32.1. The van der Waals surface area contributed by atoms with Crippen LogP contribution >= 0.6 is 11.3 Å². The van der Waals surface area contributed by atoms with Gasteiger partial charge in [0.25, 0.3) is 0 Å². The van der Waals surface area contributed by atoms with Crippen LogP contribution in [0, 0.1) is 0 Å². The fourth-order valence-electron chi connectivity index (χ4n) is 8.06. The lowest BCUT2D eigenvalue weighted by atomic mass is 9.95. The fourth-order valence-corrected chi connectivity index (χ4v) is 9.29. The van der Waals surface area contributed by atoms with E-state index in [4.69, 9.17) is 15.0 Å². The summed E-state index contributed by atoms with van der Waals surface area (Å²) in [6.07, 6.45) is 0. The Morgan fingerprint density at radius 2 is 0.707 bits per heavy atom. The van der Waals surface area contributed by atoms with E-state index >= 15 is 0 Å². The molecule has 0 saturated heterocycles. The molecule has 0 saturated carbocycles. The summed E-state index contributed by atoms with van der Waals surface area (Å²) in [5.41, 5.74) is 11.8. The maximum absolute atomic E-state index is 5.42. The van der Waals surface area contributed by atoms with Crippen molar-refractivity contribution in [1.82, 2.24) is 19.5 Å². The van der Waals surface area contributed by atoms with Gasteiger partial charge in [0.2, 0.25) is 5.95 Å². The number of rotatable bonds is 7. The lowest BCUT2D eigenvalue weighted by molar-refractivity contribution is 0.957. The Morgan fingerprint density at radius 3 is 1.17 bits per heavy atom. The van der Waals surface area contributed by atoms with E-state index in [2.05, 4.69) is 211 Å². The molecule has 11 rings (SSSR count). The van der Waals surface area contributed by atoms with Crippen molar-refractivity contribution in [1.29, 1.82) is 0 Å². The van der Waals surface area contributed by atoms with Crippen LogP contribution in [-0.2, 0) is 0 Å². The molecule has 5 heteroatoms. The summed E-state index contributed by atoms with van der Waals surface area (Å²) >= 11 is 1.77. The van der Waals surface area contributed by atoms with Gasteiger partial charge in [0.05, 0.1) is 5.52 Å². The molecule has 0 spiro atoms. The highest BCUT2D eigenvalue weighted by atomic mass is 32.1. The quantitative estimate of drug-likeness (QED) is 0.163. The highest BCUT2D eigenvalue weighted by Crippen LogP contribution is 2.42. The van der Waals surface area contributed by atoms with Gasteiger partial charge in [-0.05, 0) is 93.0 Å². The number of aromatic nitrogens is 4. The summed E-state index contributed by atoms with van der Waals surface area (Å²) < 4.78 is 3.47. The molecular formula is C53H34N4S. The first kappa shape index (κ1) is 33.8. The second-order valence-corrected chi connectivity index (χ2v) is 15.5. The van der Waals surface area contributed by atoms with Crippen LogP contribution < -0.4 is 0 Å². The smallest absolute Gasteiger partial charge is 0.239 e.